The number of nitriles is 1. The number of para-hydroxylation sites is 2. The van der Waals surface area contributed by atoms with Gasteiger partial charge in [0.25, 0.3) is 6.71 Å². The van der Waals surface area contributed by atoms with Crippen LogP contribution >= 0.6 is 0 Å². The Balaban J connectivity index is 1.46. The third-order valence-electron chi connectivity index (χ3n) is 10.2. The lowest BCUT2D eigenvalue weighted by molar-refractivity contribution is 0.568. The molecule has 0 radical (unpaired) electrons. The van der Waals surface area contributed by atoms with Crippen molar-refractivity contribution in [2.45, 2.75) is 52.4 Å². The Hall–Kier alpha value is -5.60. The smallest absolute Gasteiger partial charge is 0.252 e. The third-order valence-corrected chi connectivity index (χ3v) is 10.2. The quantitative estimate of drug-likeness (QED) is 0.178. The third kappa shape index (κ3) is 5.10. The molecule has 2 aliphatic rings. The van der Waals surface area contributed by atoms with E-state index in [2.05, 4.69) is 136 Å². The maximum Gasteiger partial charge on any atom is 0.252 e. The van der Waals surface area contributed by atoms with Gasteiger partial charge in [-0.3, -0.25) is 0 Å². The summed E-state index contributed by atoms with van der Waals surface area (Å²) >= 11 is 0. The Morgan fingerprint density at radius 3 is 1.68 bits per heavy atom. The molecule has 244 valence electrons. The van der Waals surface area contributed by atoms with Crippen LogP contribution in [0.1, 0.15) is 58.2 Å². The second-order valence-electron chi connectivity index (χ2n) is 15.6. The highest BCUT2D eigenvalue weighted by atomic mass is 19.1. The number of hydrogen-bond acceptors (Lipinski definition) is 3. The van der Waals surface area contributed by atoms with Gasteiger partial charge in [-0.2, -0.15) is 5.26 Å². The fourth-order valence-electron chi connectivity index (χ4n) is 7.66. The molecular weight excluding hydrogens is 612 g/mol. The van der Waals surface area contributed by atoms with Crippen LogP contribution in [0.15, 0.2) is 127 Å². The highest BCUT2D eigenvalue weighted by molar-refractivity contribution is 7.00. The lowest BCUT2D eigenvalue weighted by Crippen LogP contribution is -2.61. The molecule has 0 saturated heterocycles. The monoisotopic (exact) mass is 651 g/mol. The summed E-state index contributed by atoms with van der Waals surface area (Å²) < 4.78 is 16.4. The molecular formula is C45H39BFN3. The molecule has 0 fully saturated rings. The van der Waals surface area contributed by atoms with Gasteiger partial charge in [-0.05, 0) is 98.5 Å². The van der Waals surface area contributed by atoms with Crippen LogP contribution in [-0.4, -0.2) is 6.71 Å². The van der Waals surface area contributed by atoms with Gasteiger partial charge in [0.05, 0.1) is 17.3 Å². The Morgan fingerprint density at radius 2 is 1.10 bits per heavy atom. The Bertz CT molecular complexity index is 2310. The molecule has 8 rings (SSSR count). The van der Waals surface area contributed by atoms with E-state index in [4.69, 9.17) is 0 Å². The molecule has 6 aromatic rings. The first-order valence-corrected chi connectivity index (χ1v) is 17.3. The van der Waals surface area contributed by atoms with Crippen LogP contribution in [0.3, 0.4) is 0 Å². The minimum atomic E-state index is -0.302. The molecule has 0 aromatic heterocycles. The summed E-state index contributed by atoms with van der Waals surface area (Å²) in [5.41, 5.74) is 13.8. The van der Waals surface area contributed by atoms with Gasteiger partial charge in [0, 0.05) is 34.0 Å². The van der Waals surface area contributed by atoms with E-state index in [0.717, 1.165) is 56.2 Å². The second kappa shape index (κ2) is 11.5. The van der Waals surface area contributed by atoms with Crippen LogP contribution in [0.5, 0.6) is 0 Å². The van der Waals surface area contributed by atoms with Gasteiger partial charge >= 0.3 is 0 Å². The number of fused-ring (bicyclic) bond motifs is 4. The van der Waals surface area contributed by atoms with Crippen molar-refractivity contribution in [1.82, 2.24) is 0 Å². The SMILES string of the molecule is CC(C)(C)c1cc(N2c3ccccc3B3c4ccccc4N(c4ccc(C#N)cc4-c4ccccc4)c4cc(F)cc2c43)cc(C(C)(C)C)c1. The molecule has 0 aliphatic carbocycles. The minimum absolute atomic E-state index is 0.0889. The molecule has 0 N–H and O–H groups in total. The Morgan fingerprint density at radius 1 is 0.560 bits per heavy atom. The van der Waals surface area contributed by atoms with Crippen molar-refractivity contribution in [3.05, 3.63) is 150 Å². The maximum atomic E-state index is 16.4. The summed E-state index contributed by atoms with van der Waals surface area (Å²) in [6, 6.07) is 45.7. The summed E-state index contributed by atoms with van der Waals surface area (Å²) in [6.07, 6.45) is 0. The molecule has 6 aromatic carbocycles. The number of nitrogens with zero attached hydrogens (tertiary/aromatic N) is 3. The van der Waals surface area contributed by atoms with Crippen LogP contribution in [0.2, 0.25) is 0 Å². The molecule has 0 unspecified atom stereocenters. The molecule has 0 bridgehead atoms. The highest BCUT2D eigenvalue weighted by Crippen LogP contribution is 2.47. The first-order valence-electron chi connectivity index (χ1n) is 17.3. The zero-order valence-corrected chi connectivity index (χ0v) is 29.4. The molecule has 3 nitrogen and oxygen atoms in total. The summed E-state index contributed by atoms with van der Waals surface area (Å²) in [7, 11) is 0. The second-order valence-corrected chi connectivity index (χ2v) is 15.6. The highest BCUT2D eigenvalue weighted by Gasteiger charge is 2.44. The molecule has 50 heavy (non-hydrogen) atoms. The molecule has 5 heteroatoms. The summed E-state index contributed by atoms with van der Waals surface area (Å²) in [4.78, 5) is 4.48. The first-order chi connectivity index (χ1) is 23.9. The van der Waals surface area contributed by atoms with E-state index in [-0.39, 0.29) is 23.4 Å². The molecule has 0 atom stereocenters. The number of hydrogen-bond donors (Lipinski definition) is 0. The van der Waals surface area contributed by atoms with E-state index >= 15 is 4.39 Å². The maximum absolute atomic E-state index is 16.4. The standard InChI is InChI=1S/C45H39BFN3/c1-44(2,3)31-23-32(45(4,5)6)25-34(24-31)49-39-18-12-10-16-36(39)46-37-17-11-13-19-40(37)50(42-27-33(47)26-41(49)43(42)46)38-21-20-29(28-48)22-35(38)30-14-8-7-9-15-30/h7-27H,1-6H3. The van der Waals surface area contributed by atoms with Crippen molar-refractivity contribution in [2.75, 3.05) is 9.80 Å². The number of benzene rings is 6. The van der Waals surface area contributed by atoms with E-state index in [1.807, 2.05) is 36.4 Å². The zero-order valence-electron chi connectivity index (χ0n) is 29.4. The van der Waals surface area contributed by atoms with E-state index < -0.39 is 0 Å². The number of halogens is 1. The van der Waals surface area contributed by atoms with Crippen molar-refractivity contribution < 1.29 is 4.39 Å². The van der Waals surface area contributed by atoms with Crippen molar-refractivity contribution >= 4 is 57.2 Å². The van der Waals surface area contributed by atoms with Gasteiger partial charge < -0.3 is 9.80 Å². The molecule has 2 aliphatic heterocycles. The average molecular weight is 652 g/mol. The van der Waals surface area contributed by atoms with Gasteiger partial charge in [0.2, 0.25) is 0 Å². The van der Waals surface area contributed by atoms with Crippen LogP contribution in [0.25, 0.3) is 11.1 Å². The lowest BCUT2D eigenvalue weighted by Gasteiger charge is -2.44. The predicted octanol–water partition coefficient (Wildman–Crippen LogP) is 10.0. The van der Waals surface area contributed by atoms with E-state index in [0.29, 0.717) is 5.56 Å². The molecule has 2 heterocycles. The van der Waals surface area contributed by atoms with Crippen LogP contribution in [0, 0.1) is 17.1 Å². The van der Waals surface area contributed by atoms with Gasteiger partial charge in [-0.15, -0.1) is 0 Å². The largest absolute Gasteiger partial charge is 0.311 e. The number of anilines is 6. The zero-order chi connectivity index (χ0) is 34.9. The van der Waals surface area contributed by atoms with E-state index in [1.165, 1.54) is 16.6 Å². The fraction of sp³-hybridized carbons (Fsp3) is 0.178. The fourth-order valence-corrected chi connectivity index (χ4v) is 7.66. The molecule has 0 saturated carbocycles. The lowest BCUT2D eigenvalue weighted by atomic mass is 9.33. The van der Waals surface area contributed by atoms with Crippen LogP contribution in [-0.2, 0) is 10.8 Å². The molecule has 0 spiro atoms. The van der Waals surface area contributed by atoms with E-state index in [9.17, 15) is 5.26 Å². The predicted molar refractivity (Wildman–Crippen MR) is 208 cm³/mol. The summed E-state index contributed by atoms with van der Waals surface area (Å²) in [6.45, 7) is 13.4. The number of rotatable bonds is 3. The normalized spacial score (nSPS) is 13.4. The van der Waals surface area contributed by atoms with Gasteiger partial charge in [0.15, 0.2) is 0 Å². The Kier molecular flexibility index (Phi) is 7.28. The average Bonchev–Trinajstić information content (AvgIpc) is 3.10. The van der Waals surface area contributed by atoms with E-state index in [1.54, 1.807) is 12.1 Å². The van der Waals surface area contributed by atoms with Gasteiger partial charge in [0.1, 0.15) is 5.82 Å². The van der Waals surface area contributed by atoms with Crippen molar-refractivity contribution in [3.63, 3.8) is 0 Å². The summed E-state index contributed by atoms with van der Waals surface area (Å²) in [5, 5.41) is 9.92. The van der Waals surface area contributed by atoms with Crippen molar-refractivity contribution in [1.29, 1.82) is 5.26 Å². The topological polar surface area (TPSA) is 30.3 Å². The van der Waals surface area contributed by atoms with Gasteiger partial charge in [-0.25, -0.2) is 4.39 Å². The summed E-state index contributed by atoms with van der Waals surface area (Å²) in [5.74, 6) is -0.302. The Labute approximate surface area is 295 Å². The first kappa shape index (κ1) is 31.7. The van der Waals surface area contributed by atoms with Crippen molar-refractivity contribution in [2.24, 2.45) is 0 Å². The molecule has 0 amide bonds. The van der Waals surface area contributed by atoms with Crippen LogP contribution < -0.4 is 26.2 Å². The van der Waals surface area contributed by atoms with Gasteiger partial charge in [-0.1, -0.05) is 114 Å². The van der Waals surface area contributed by atoms with Crippen molar-refractivity contribution in [3.8, 4) is 17.2 Å². The minimum Gasteiger partial charge on any atom is -0.311 e. The van der Waals surface area contributed by atoms with Crippen LogP contribution in [0.4, 0.5) is 38.5 Å².